The first-order valence-electron chi connectivity index (χ1n) is 9.90. The molecule has 0 aliphatic carbocycles. The number of hydrogen-bond acceptors (Lipinski definition) is 5. The van der Waals surface area contributed by atoms with E-state index in [1.54, 1.807) is 6.20 Å². The fourth-order valence-corrected chi connectivity index (χ4v) is 3.65. The van der Waals surface area contributed by atoms with Gasteiger partial charge in [-0.1, -0.05) is 6.92 Å². The van der Waals surface area contributed by atoms with Crippen LogP contribution in [0.15, 0.2) is 24.4 Å². The third-order valence-corrected chi connectivity index (χ3v) is 4.96. The molecule has 0 bridgehead atoms. The minimum absolute atomic E-state index is 0.142. The number of aromatic nitrogens is 1. The zero-order chi connectivity index (χ0) is 21.8. The van der Waals surface area contributed by atoms with Crippen molar-refractivity contribution < 1.29 is 24.2 Å². The van der Waals surface area contributed by atoms with Gasteiger partial charge in [0.25, 0.3) is 0 Å². The minimum Gasteiger partial charge on any atom is -0.493 e. The number of ether oxygens (including phenoxy) is 2. The van der Waals surface area contributed by atoms with Crippen molar-refractivity contribution in [2.75, 3.05) is 11.9 Å². The number of carboxylic acid groups (broad SMARTS) is 1. The molecule has 2 heterocycles. The third kappa shape index (κ3) is 5.00. The lowest BCUT2D eigenvalue weighted by Crippen LogP contribution is -2.33. The fourth-order valence-electron chi connectivity index (χ4n) is 3.65. The summed E-state index contributed by atoms with van der Waals surface area (Å²) in [7, 11) is 0. The number of pyridine rings is 1. The molecule has 0 saturated heterocycles. The summed E-state index contributed by atoms with van der Waals surface area (Å²) in [5.74, 6) is 2.00. The molecule has 3 rings (SSSR count). The van der Waals surface area contributed by atoms with Crippen molar-refractivity contribution in [1.82, 2.24) is 10.3 Å². The van der Waals surface area contributed by atoms with Gasteiger partial charge in [-0.15, -0.1) is 0 Å². The third-order valence-electron chi connectivity index (χ3n) is 4.96. The highest BCUT2D eigenvalue weighted by molar-refractivity contribution is 5.89. The van der Waals surface area contributed by atoms with Crippen LogP contribution in [0.1, 0.15) is 38.3 Å². The molecule has 2 atom stereocenters. The van der Waals surface area contributed by atoms with Gasteiger partial charge in [0, 0.05) is 35.9 Å². The summed E-state index contributed by atoms with van der Waals surface area (Å²) in [6.07, 6.45) is 1.38. The van der Waals surface area contributed by atoms with E-state index in [0.717, 1.165) is 33.8 Å². The van der Waals surface area contributed by atoms with Crippen LogP contribution < -0.4 is 20.1 Å². The molecule has 30 heavy (non-hydrogen) atoms. The Morgan fingerprint density at radius 3 is 2.77 bits per heavy atom. The van der Waals surface area contributed by atoms with Gasteiger partial charge in [0.1, 0.15) is 23.9 Å². The van der Waals surface area contributed by atoms with E-state index in [0.29, 0.717) is 25.5 Å². The molecule has 1 aromatic carbocycles. The molecular weight excluding hydrogens is 386 g/mol. The van der Waals surface area contributed by atoms with E-state index in [1.807, 2.05) is 39.0 Å². The molecule has 8 heteroatoms. The van der Waals surface area contributed by atoms with E-state index in [1.165, 1.54) is 6.92 Å². The van der Waals surface area contributed by atoms with Crippen molar-refractivity contribution in [1.29, 1.82) is 0 Å². The molecule has 0 saturated carbocycles. The summed E-state index contributed by atoms with van der Waals surface area (Å²) < 4.78 is 12.0. The van der Waals surface area contributed by atoms with Crippen LogP contribution in [0.5, 0.6) is 11.5 Å². The van der Waals surface area contributed by atoms with Crippen molar-refractivity contribution in [3.63, 3.8) is 0 Å². The van der Waals surface area contributed by atoms with E-state index in [4.69, 9.17) is 14.6 Å². The van der Waals surface area contributed by atoms with Gasteiger partial charge in [-0.3, -0.25) is 4.79 Å². The Kier molecular flexibility index (Phi) is 6.44. The van der Waals surface area contributed by atoms with Crippen LogP contribution in [-0.2, 0) is 11.4 Å². The number of nitrogens with one attached hydrogen (secondary N) is 2. The highest BCUT2D eigenvalue weighted by Gasteiger charge is 2.22. The van der Waals surface area contributed by atoms with Crippen molar-refractivity contribution in [2.24, 2.45) is 5.92 Å². The molecule has 2 unspecified atom stereocenters. The van der Waals surface area contributed by atoms with Gasteiger partial charge in [-0.25, -0.2) is 9.78 Å². The van der Waals surface area contributed by atoms with Crippen molar-refractivity contribution >= 4 is 17.8 Å². The van der Waals surface area contributed by atoms with Crippen molar-refractivity contribution in [2.45, 2.75) is 46.8 Å². The number of carbonyl (C=O) groups excluding carboxylic acids is 1. The van der Waals surface area contributed by atoms with E-state index >= 15 is 0 Å². The molecule has 0 spiro atoms. The number of rotatable bonds is 7. The summed E-state index contributed by atoms with van der Waals surface area (Å²) in [5.41, 5.74) is 3.77. The second kappa shape index (κ2) is 9.02. The van der Waals surface area contributed by atoms with Gasteiger partial charge < -0.3 is 25.2 Å². The fraction of sp³-hybridized carbons (Fsp3) is 0.409. The van der Waals surface area contributed by atoms with Gasteiger partial charge >= 0.3 is 6.09 Å². The lowest BCUT2D eigenvalue weighted by Gasteiger charge is -2.24. The highest BCUT2D eigenvalue weighted by Crippen LogP contribution is 2.43. The van der Waals surface area contributed by atoms with Crippen molar-refractivity contribution in [3.05, 3.63) is 35.5 Å². The minimum atomic E-state index is -1.02. The zero-order valence-corrected chi connectivity index (χ0v) is 17.6. The number of benzene rings is 1. The van der Waals surface area contributed by atoms with Crippen LogP contribution >= 0.6 is 0 Å². The molecule has 3 N–H and O–H groups in total. The molecule has 1 aliphatic rings. The van der Waals surface area contributed by atoms with Crippen LogP contribution in [0.4, 0.5) is 10.6 Å². The molecule has 1 aliphatic heterocycles. The molecular formula is C22H27N3O5. The summed E-state index contributed by atoms with van der Waals surface area (Å²) in [6, 6.07) is 5.58. The van der Waals surface area contributed by atoms with Crippen LogP contribution in [-0.4, -0.2) is 34.7 Å². The standard InChI is InChI=1S/C22H27N3O5/c1-12(7-13(2)24-22(27)28)10-29-19-6-5-17-18-8-20(25-15(4)26)23-9-16(18)11-30-21(17)14(19)3/h5-6,8-9,12-13,24H,7,10-11H2,1-4H3,(H,27,28)(H,23,25,26). The molecule has 2 amide bonds. The quantitative estimate of drug-likeness (QED) is 0.634. The van der Waals surface area contributed by atoms with Gasteiger partial charge in [0.15, 0.2) is 0 Å². The average molecular weight is 413 g/mol. The van der Waals surface area contributed by atoms with Crippen molar-refractivity contribution in [3.8, 4) is 22.6 Å². The van der Waals surface area contributed by atoms with Crippen LogP contribution in [0.25, 0.3) is 11.1 Å². The summed E-state index contributed by atoms with van der Waals surface area (Å²) in [5, 5.41) is 14.0. The highest BCUT2D eigenvalue weighted by atomic mass is 16.5. The Labute approximate surface area is 175 Å². The Morgan fingerprint density at radius 2 is 2.07 bits per heavy atom. The van der Waals surface area contributed by atoms with Gasteiger partial charge in [-0.2, -0.15) is 0 Å². The number of amides is 2. The Balaban J connectivity index is 1.74. The largest absolute Gasteiger partial charge is 0.493 e. The maximum Gasteiger partial charge on any atom is 0.404 e. The number of anilines is 1. The number of hydrogen-bond donors (Lipinski definition) is 3. The van der Waals surface area contributed by atoms with E-state index in [2.05, 4.69) is 15.6 Å². The number of nitrogens with zero attached hydrogens (tertiary/aromatic N) is 1. The predicted molar refractivity (Wildman–Crippen MR) is 113 cm³/mol. The Hall–Kier alpha value is -3.29. The molecule has 0 radical (unpaired) electrons. The maximum atomic E-state index is 11.3. The summed E-state index contributed by atoms with van der Waals surface area (Å²) in [6.45, 7) is 8.13. The second-order valence-corrected chi connectivity index (χ2v) is 7.76. The summed E-state index contributed by atoms with van der Waals surface area (Å²) >= 11 is 0. The first-order valence-corrected chi connectivity index (χ1v) is 9.90. The SMILES string of the molecule is CC(=O)Nc1cc2c(cn1)COc1c-2ccc(OCC(C)CC(C)NC(=O)O)c1C. The lowest BCUT2D eigenvalue weighted by molar-refractivity contribution is -0.114. The lowest BCUT2D eigenvalue weighted by atomic mass is 9.96. The first kappa shape index (κ1) is 21.4. The maximum absolute atomic E-state index is 11.3. The average Bonchev–Trinajstić information content (AvgIpc) is 2.66. The van der Waals surface area contributed by atoms with Gasteiger partial charge in [0.2, 0.25) is 5.91 Å². The van der Waals surface area contributed by atoms with Crippen LogP contribution in [0.2, 0.25) is 0 Å². The Morgan fingerprint density at radius 1 is 1.30 bits per heavy atom. The molecule has 0 fully saturated rings. The van der Waals surface area contributed by atoms with E-state index < -0.39 is 6.09 Å². The van der Waals surface area contributed by atoms with Gasteiger partial charge in [0.05, 0.1) is 6.61 Å². The van der Waals surface area contributed by atoms with E-state index in [9.17, 15) is 9.59 Å². The van der Waals surface area contributed by atoms with Crippen LogP contribution in [0, 0.1) is 12.8 Å². The molecule has 160 valence electrons. The molecule has 2 aromatic rings. The monoisotopic (exact) mass is 413 g/mol. The molecule has 1 aromatic heterocycles. The van der Waals surface area contributed by atoms with E-state index in [-0.39, 0.29) is 17.9 Å². The predicted octanol–water partition coefficient (Wildman–Crippen LogP) is 3.97. The van der Waals surface area contributed by atoms with Gasteiger partial charge in [-0.05, 0) is 49.9 Å². The summed E-state index contributed by atoms with van der Waals surface area (Å²) in [4.78, 5) is 26.3. The van der Waals surface area contributed by atoms with Crippen LogP contribution in [0.3, 0.4) is 0 Å². The molecule has 8 nitrogen and oxygen atoms in total. The number of carbonyl (C=O) groups is 2. The number of fused-ring (bicyclic) bond motifs is 3. The smallest absolute Gasteiger partial charge is 0.404 e. The topological polar surface area (TPSA) is 110 Å². The zero-order valence-electron chi connectivity index (χ0n) is 17.6. The first-order chi connectivity index (χ1) is 14.2. The second-order valence-electron chi connectivity index (χ2n) is 7.76. The normalized spacial score (nSPS) is 13.9. The Bertz CT molecular complexity index is 960.